The van der Waals surface area contributed by atoms with Gasteiger partial charge in [0.25, 0.3) is 0 Å². The van der Waals surface area contributed by atoms with E-state index in [4.69, 9.17) is 9.52 Å². The van der Waals surface area contributed by atoms with Gasteiger partial charge in [0.2, 0.25) is 0 Å². The molecule has 2 aromatic heterocycles. The number of aliphatic carboxylic acids is 1. The van der Waals surface area contributed by atoms with Crippen LogP contribution >= 0.6 is 27.3 Å². The fraction of sp³-hybridized carbons (Fsp3) is 0.0667. The molecule has 2 heterocycles. The summed E-state index contributed by atoms with van der Waals surface area (Å²) < 4.78 is 6.66. The van der Waals surface area contributed by atoms with Crippen molar-refractivity contribution in [2.45, 2.75) is 6.42 Å². The molecule has 106 valence electrons. The van der Waals surface area contributed by atoms with Gasteiger partial charge in [0.05, 0.1) is 16.7 Å². The van der Waals surface area contributed by atoms with Crippen LogP contribution in [-0.2, 0) is 11.2 Å². The maximum absolute atomic E-state index is 12.2. The SMILES string of the molecule is O=C(O)Cc1cccc2c(=O)cc(-c3sccc3Br)oc12. The monoisotopic (exact) mass is 364 g/mol. The standard InChI is InChI=1S/C15H9BrO4S/c16-10-4-5-21-15(10)12-7-11(17)9-3-1-2-8(6-13(18)19)14(9)20-12/h1-5,7H,6H2,(H,18,19). The van der Waals surface area contributed by atoms with E-state index in [-0.39, 0.29) is 11.8 Å². The third-order valence-electron chi connectivity index (χ3n) is 3.02. The largest absolute Gasteiger partial charge is 0.481 e. The van der Waals surface area contributed by atoms with Crippen LogP contribution in [0.4, 0.5) is 0 Å². The second-order valence-corrected chi connectivity index (χ2v) is 6.21. The van der Waals surface area contributed by atoms with E-state index in [9.17, 15) is 9.59 Å². The summed E-state index contributed by atoms with van der Waals surface area (Å²) in [6.45, 7) is 0. The molecule has 0 fully saturated rings. The molecule has 0 aliphatic rings. The predicted molar refractivity (Wildman–Crippen MR) is 84.8 cm³/mol. The Morgan fingerprint density at radius 3 is 2.81 bits per heavy atom. The summed E-state index contributed by atoms with van der Waals surface area (Å²) in [6.07, 6.45) is -0.185. The summed E-state index contributed by atoms with van der Waals surface area (Å²) in [4.78, 5) is 24.0. The lowest BCUT2D eigenvalue weighted by atomic mass is 10.1. The number of para-hydroxylation sites is 1. The van der Waals surface area contributed by atoms with Gasteiger partial charge in [-0.3, -0.25) is 9.59 Å². The van der Waals surface area contributed by atoms with Crippen molar-refractivity contribution < 1.29 is 14.3 Å². The molecule has 0 saturated carbocycles. The fourth-order valence-electron chi connectivity index (χ4n) is 2.12. The molecule has 0 saturated heterocycles. The first-order valence-corrected chi connectivity index (χ1v) is 7.74. The quantitative estimate of drug-likeness (QED) is 0.764. The zero-order chi connectivity index (χ0) is 15.0. The fourth-order valence-corrected chi connectivity index (χ4v) is 3.64. The number of hydrogen-bond acceptors (Lipinski definition) is 4. The first kappa shape index (κ1) is 14.0. The molecule has 0 unspecified atom stereocenters. The predicted octanol–water partition coefficient (Wildman–Crippen LogP) is 3.91. The molecule has 3 rings (SSSR count). The minimum Gasteiger partial charge on any atom is -0.481 e. The Labute approximate surface area is 131 Å². The average molecular weight is 365 g/mol. The average Bonchev–Trinajstić information content (AvgIpc) is 2.85. The molecule has 0 bridgehead atoms. The smallest absolute Gasteiger partial charge is 0.307 e. The van der Waals surface area contributed by atoms with Crippen molar-refractivity contribution >= 4 is 44.2 Å². The van der Waals surface area contributed by atoms with E-state index in [0.29, 0.717) is 22.3 Å². The Bertz CT molecular complexity index is 894. The van der Waals surface area contributed by atoms with Crippen LogP contribution in [0.2, 0.25) is 0 Å². The molecule has 0 spiro atoms. The van der Waals surface area contributed by atoms with E-state index in [1.807, 2.05) is 11.4 Å². The summed E-state index contributed by atoms with van der Waals surface area (Å²) in [6, 6.07) is 8.27. The normalized spacial score (nSPS) is 10.9. The second kappa shape index (κ2) is 5.46. The van der Waals surface area contributed by atoms with Crippen LogP contribution in [0.3, 0.4) is 0 Å². The van der Waals surface area contributed by atoms with E-state index in [1.165, 1.54) is 17.4 Å². The van der Waals surface area contributed by atoms with Crippen molar-refractivity contribution in [2.75, 3.05) is 0 Å². The Balaban J connectivity index is 2.29. The number of fused-ring (bicyclic) bond motifs is 1. The van der Waals surface area contributed by atoms with Crippen molar-refractivity contribution in [3.63, 3.8) is 0 Å². The molecule has 0 amide bonds. The highest BCUT2D eigenvalue weighted by Gasteiger charge is 2.14. The zero-order valence-corrected chi connectivity index (χ0v) is 13.0. The lowest BCUT2D eigenvalue weighted by molar-refractivity contribution is -0.136. The van der Waals surface area contributed by atoms with Crippen molar-refractivity contribution in [1.82, 2.24) is 0 Å². The van der Waals surface area contributed by atoms with Gasteiger partial charge >= 0.3 is 5.97 Å². The van der Waals surface area contributed by atoms with E-state index >= 15 is 0 Å². The lowest BCUT2D eigenvalue weighted by Gasteiger charge is -2.05. The molecule has 1 aromatic carbocycles. The first-order chi connectivity index (χ1) is 10.1. The third kappa shape index (κ3) is 2.64. The molecule has 3 aromatic rings. The van der Waals surface area contributed by atoms with Gasteiger partial charge in [0.1, 0.15) is 11.3 Å². The molecular formula is C15H9BrO4S. The Kier molecular flexibility index (Phi) is 3.65. The van der Waals surface area contributed by atoms with Crippen molar-refractivity contribution in [1.29, 1.82) is 0 Å². The third-order valence-corrected chi connectivity index (χ3v) is 4.87. The lowest BCUT2D eigenvalue weighted by Crippen LogP contribution is -2.05. The summed E-state index contributed by atoms with van der Waals surface area (Å²) in [5.74, 6) is -0.528. The van der Waals surface area contributed by atoms with Gasteiger partial charge in [0.15, 0.2) is 5.43 Å². The van der Waals surface area contributed by atoms with Crippen molar-refractivity contribution in [2.24, 2.45) is 0 Å². The molecule has 1 N–H and O–H groups in total. The van der Waals surface area contributed by atoms with Gasteiger partial charge in [-0.25, -0.2) is 0 Å². The van der Waals surface area contributed by atoms with Crippen molar-refractivity contribution in [3.05, 3.63) is 56.0 Å². The number of carboxylic acid groups (broad SMARTS) is 1. The summed E-state index contributed by atoms with van der Waals surface area (Å²) in [5, 5.41) is 11.2. The molecule has 0 atom stereocenters. The van der Waals surface area contributed by atoms with Gasteiger partial charge in [-0.15, -0.1) is 11.3 Å². The molecule has 0 aliphatic heterocycles. The highest BCUT2D eigenvalue weighted by atomic mass is 79.9. The van der Waals surface area contributed by atoms with Gasteiger partial charge < -0.3 is 9.52 Å². The minimum absolute atomic E-state index is 0.182. The zero-order valence-electron chi connectivity index (χ0n) is 10.6. The Morgan fingerprint density at radius 1 is 1.33 bits per heavy atom. The van der Waals surface area contributed by atoms with Crippen molar-refractivity contribution in [3.8, 4) is 10.6 Å². The van der Waals surface area contributed by atoms with Crippen LogP contribution in [0, 0.1) is 0 Å². The minimum atomic E-state index is -0.965. The first-order valence-electron chi connectivity index (χ1n) is 6.07. The molecule has 6 heteroatoms. The number of hydrogen-bond donors (Lipinski definition) is 1. The van der Waals surface area contributed by atoms with Gasteiger partial charge in [-0.2, -0.15) is 0 Å². The molecule has 0 radical (unpaired) electrons. The van der Waals surface area contributed by atoms with Crippen LogP contribution in [0.15, 0.2) is 49.4 Å². The van der Waals surface area contributed by atoms with E-state index < -0.39 is 5.97 Å². The Morgan fingerprint density at radius 2 is 2.14 bits per heavy atom. The molecule has 0 aliphatic carbocycles. The number of halogens is 1. The van der Waals surface area contributed by atoms with Gasteiger partial charge in [-0.05, 0) is 33.4 Å². The van der Waals surface area contributed by atoms with Gasteiger partial charge in [0, 0.05) is 16.1 Å². The topological polar surface area (TPSA) is 67.5 Å². The van der Waals surface area contributed by atoms with Crippen LogP contribution in [0.5, 0.6) is 0 Å². The number of benzene rings is 1. The van der Waals surface area contributed by atoms with Crippen LogP contribution in [0.25, 0.3) is 21.6 Å². The molecule has 4 nitrogen and oxygen atoms in total. The summed E-state index contributed by atoms with van der Waals surface area (Å²) in [7, 11) is 0. The van der Waals surface area contributed by atoms with E-state index in [1.54, 1.807) is 18.2 Å². The van der Waals surface area contributed by atoms with Crippen LogP contribution in [0.1, 0.15) is 5.56 Å². The Hall–Kier alpha value is -1.92. The van der Waals surface area contributed by atoms with E-state index in [2.05, 4.69) is 15.9 Å². The molecular weight excluding hydrogens is 356 g/mol. The van der Waals surface area contributed by atoms with E-state index in [0.717, 1.165) is 9.35 Å². The number of carboxylic acids is 1. The summed E-state index contributed by atoms with van der Waals surface area (Å²) in [5.41, 5.74) is 0.646. The highest BCUT2D eigenvalue weighted by Crippen LogP contribution is 2.34. The maximum Gasteiger partial charge on any atom is 0.307 e. The maximum atomic E-state index is 12.2. The van der Waals surface area contributed by atoms with Crippen LogP contribution < -0.4 is 5.43 Å². The number of thiophene rings is 1. The second-order valence-electron chi connectivity index (χ2n) is 4.44. The van der Waals surface area contributed by atoms with Crippen LogP contribution in [-0.4, -0.2) is 11.1 Å². The molecule has 21 heavy (non-hydrogen) atoms. The van der Waals surface area contributed by atoms with Gasteiger partial charge in [-0.1, -0.05) is 12.1 Å². The number of rotatable bonds is 3. The highest BCUT2D eigenvalue weighted by molar-refractivity contribution is 9.10. The summed E-state index contributed by atoms with van der Waals surface area (Å²) >= 11 is 4.85. The number of carbonyl (C=O) groups is 1.